The van der Waals surface area contributed by atoms with E-state index < -0.39 is 29.6 Å². The molecule has 0 fully saturated rings. The first-order valence-electron chi connectivity index (χ1n) is 9.07. The molecule has 6 nitrogen and oxygen atoms in total. The van der Waals surface area contributed by atoms with Gasteiger partial charge in [-0.05, 0) is 45.4 Å². The van der Waals surface area contributed by atoms with Crippen molar-refractivity contribution >= 4 is 16.8 Å². The highest BCUT2D eigenvalue weighted by molar-refractivity contribution is 5.99. The quantitative estimate of drug-likeness (QED) is 0.730. The molecule has 160 valence electrons. The van der Waals surface area contributed by atoms with Crippen LogP contribution in [0, 0.1) is 0 Å². The summed E-state index contributed by atoms with van der Waals surface area (Å²) in [7, 11) is 2.87. The number of halogens is 3. The van der Waals surface area contributed by atoms with Gasteiger partial charge >= 0.3 is 6.18 Å². The maximum absolute atomic E-state index is 12.8. The van der Waals surface area contributed by atoms with Crippen LogP contribution in [0.15, 0.2) is 23.0 Å². The summed E-state index contributed by atoms with van der Waals surface area (Å²) >= 11 is 0. The Morgan fingerprint density at radius 3 is 2.41 bits per heavy atom. The van der Waals surface area contributed by atoms with Crippen LogP contribution in [0.4, 0.5) is 13.2 Å². The van der Waals surface area contributed by atoms with Crippen molar-refractivity contribution in [3.8, 4) is 11.5 Å². The fraction of sp³-hybridized carbons (Fsp3) is 0.500. The molecule has 0 aliphatic heterocycles. The zero-order chi connectivity index (χ0) is 22.0. The summed E-state index contributed by atoms with van der Waals surface area (Å²) in [6.07, 6.45) is -5.48. The van der Waals surface area contributed by atoms with Crippen LogP contribution in [0.25, 0.3) is 10.9 Å². The monoisotopic (exact) mass is 414 g/mol. The van der Waals surface area contributed by atoms with Gasteiger partial charge in [0.15, 0.2) is 11.5 Å². The third-order valence-corrected chi connectivity index (χ3v) is 4.10. The van der Waals surface area contributed by atoms with Gasteiger partial charge in [0.2, 0.25) is 0 Å². The lowest BCUT2D eigenvalue weighted by atomic mass is 10.1. The maximum Gasteiger partial charge on any atom is 0.389 e. The normalized spacial score (nSPS) is 12.1. The first-order chi connectivity index (χ1) is 13.3. The molecule has 2 aromatic rings. The van der Waals surface area contributed by atoms with Gasteiger partial charge < -0.3 is 19.4 Å². The maximum atomic E-state index is 12.8. The van der Waals surface area contributed by atoms with Gasteiger partial charge in [-0.15, -0.1) is 0 Å². The summed E-state index contributed by atoms with van der Waals surface area (Å²) in [5.74, 6) is -0.0654. The van der Waals surface area contributed by atoms with E-state index in [1.54, 1.807) is 32.9 Å². The van der Waals surface area contributed by atoms with E-state index in [1.807, 2.05) is 0 Å². The molecule has 1 amide bonds. The van der Waals surface area contributed by atoms with Crippen LogP contribution in [0.1, 0.15) is 44.0 Å². The highest BCUT2D eigenvalue weighted by Crippen LogP contribution is 2.35. The summed E-state index contributed by atoms with van der Waals surface area (Å²) in [5, 5.41) is 3.27. The Kier molecular flexibility index (Phi) is 6.50. The number of carbonyl (C=O) groups excluding carboxylic acids is 1. The Morgan fingerprint density at radius 2 is 1.86 bits per heavy atom. The van der Waals surface area contributed by atoms with Gasteiger partial charge in [-0.2, -0.15) is 13.2 Å². The number of methoxy groups -OCH3 is 1. The highest BCUT2D eigenvalue weighted by Gasteiger charge is 2.26. The summed E-state index contributed by atoms with van der Waals surface area (Å²) in [4.78, 5) is 25.3. The molecule has 0 unspecified atom stereocenters. The number of rotatable bonds is 6. The molecule has 1 heterocycles. The van der Waals surface area contributed by atoms with Crippen molar-refractivity contribution in [3.05, 3.63) is 34.1 Å². The number of ether oxygens (including phenoxy) is 2. The molecule has 0 spiro atoms. The second-order valence-corrected chi connectivity index (χ2v) is 7.73. The molecule has 1 aromatic carbocycles. The molecule has 0 saturated carbocycles. The minimum absolute atomic E-state index is 0.0388. The van der Waals surface area contributed by atoms with Crippen LogP contribution in [-0.2, 0) is 7.05 Å². The molecule has 0 bridgehead atoms. The number of nitrogens with one attached hydrogen (secondary N) is 1. The van der Waals surface area contributed by atoms with Crippen molar-refractivity contribution < 1.29 is 27.4 Å². The van der Waals surface area contributed by atoms with E-state index in [-0.39, 0.29) is 30.1 Å². The second-order valence-electron chi connectivity index (χ2n) is 7.73. The fourth-order valence-electron chi connectivity index (χ4n) is 2.85. The van der Waals surface area contributed by atoms with E-state index in [2.05, 4.69) is 5.32 Å². The van der Waals surface area contributed by atoms with Crippen molar-refractivity contribution in [2.24, 2.45) is 7.05 Å². The van der Waals surface area contributed by atoms with E-state index in [1.165, 1.54) is 24.8 Å². The van der Waals surface area contributed by atoms with E-state index in [0.717, 1.165) is 0 Å². The standard InChI is InChI=1S/C20H25F3N2O4/c1-19(2,3)24-17(26)13-11-12-7-8-14(28-5)16(15(12)25(4)18(13)27)29-10-6-9-20(21,22)23/h7-8,11H,6,9-10H2,1-5H3,(H,24,26). The van der Waals surface area contributed by atoms with Gasteiger partial charge in [0.25, 0.3) is 11.5 Å². The summed E-state index contributed by atoms with van der Waals surface area (Å²) in [6, 6.07) is 4.68. The third kappa shape index (κ3) is 5.65. The van der Waals surface area contributed by atoms with Gasteiger partial charge in [-0.3, -0.25) is 9.59 Å². The number of aromatic nitrogens is 1. The number of hydrogen-bond donors (Lipinski definition) is 1. The number of aryl methyl sites for hydroxylation is 1. The number of fused-ring (bicyclic) bond motifs is 1. The molecule has 0 radical (unpaired) electrons. The highest BCUT2D eigenvalue weighted by atomic mass is 19.4. The molecule has 1 aromatic heterocycles. The van der Waals surface area contributed by atoms with Gasteiger partial charge in [0.05, 0.1) is 19.2 Å². The number of amides is 1. The van der Waals surface area contributed by atoms with Crippen LogP contribution < -0.4 is 20.3 Å². The van der Waals surface area contributed by atoms with E-state index in [0.29, 0.717) is 10.9 Å². The second kappa shape index (κ2) is 8.34. The smallest absolute Gasteiger partial charge is 0.389 e. The molecular formula is C20H25F3N2O4. The zero-order valence-electron chi connectivity index (χ0n) is 17.1. The number of pyridine rings is 1. The average molecular weight is 414 g/mol. The molecular weight excluding hydrogens is 389 g/mol. The number of hydrogen-bond acceptors (Lipinski definition) is 4. The van der Waals surface area contributed by atoms with Crippen LogP contribution in [0.2, 0.25) is 0 Å². The molecule has 29 heavy (non-hydrogen) atoms. The topological polar surface area (TPSA) is 69.6 Å². The van der Waals surface area contributed by atoms with Crippen molar-refractivity contribution in [1.29, 1.82) is 0 Å². The van der Waals surface area contributed by atoms with Crippen molar-refractivity contribution in [1.82, 2.24) is 9.88 Å². The van der Waals surface area contributed by atoms with Crippen LogP contribution >= 0.6 is 0 Å². The third-order valence-electron chi connectivity index (χ3n) is 4.10. The zero-order valence-corrected chi connectivity index (χ0v) is 17.1. The Balaban J connectivity index is 2.48. The average Bonchev–Trinajstić information content (AvgIpc) is 2.58. The lowest BCUT2D eigenvalue weighted by molar-refractivity contribution is -0.136. The summed E-state index contributed by atoms with van der Waals surface area (Å²) < 4.78 is 49.2. The number of benzene rings is 1. The van der Waals surface area contributed by atoms with Gasteiger partial charge in [0, 0.05) is 24.4 Å². The SMILES string of the molecule is COc1ccc2cc(C(=O)NC(C)(C)C)c(=O)n(C)c2c1OCCCC(F)(F)F. The Hall–Kier alpha value is -2.71. The molecule has 2 rings (SSSR count). The van der Waals surface area contributed by atoms with E-state index in [4.69, 9.17) is 9.47 Å². The fourth-order valence-corrected chi connectivity index (χ4v) is 2.85. The molecule has 0 saturated heterocycles. The van der Waals surface area contributed by atoms with Crippen LogP contribution in [0.3, 0.4) is 0 Å². The van der Waals surface area contributed by atoms with Crippen LogP contribution in [0.5, 0.6) is 11.5 Å². The predicted molar refractivity (Wildman–Crippen MR) is 104 cm³/mol. The molecule has 0 aliphatic rings. The first-order valence-corrected chi connectivity index (χ1v) is 9.07. The molecule has 9 heteroatoms. The Labute approximate surface area is 166 Å². The Bertz CT molecular complexity index is 959. The van der Waals surface area contributed by atoms with Gasteiger partial charge in [-0.1, -0.05) is 0 Å². The number of alkyl halides is 3. The molecule has 0 aliphatic carbocycles. The summed E-state index contributed by atoms with van der Waals surface area (Å²) in [5.41, 5.74) is -0.770. The Morgan fingerprint density at radius 1 is 1.21 bits per heavy atom. The lowest BCUT2D eigenvalue weighted by Gasteiger charge is -2.21. The number of carbonyl (C=O) groups is 1. The molecule has 1 N–H and O–H groups in total. The largest absolute Gasteiger partial charge is 0.493 e. The van der Waals surface area contributed by atoms with Crippen molar-refractivity contribution in [2.75, 3.05) is 13.7 Å². The molecule has 0 atom stereocenters. The summed E-state index contributed by atoms with van der Waals surface area (Å²) in [6.45, 7) is 5.20. The van der Waals surface area contributed by atoms with Crippen LogP contribution in [-0.4, -0.2) is 35.9 Å². The first kappa shape index (κ1) is 22.6. The van der Waals surface area contributed by atoms with Crippen molar-refractivity contribution in [2.45, 2.75) is 45.3 Å². The van der Waals surface area contributed by atoms with E-state index in [9.17, 15) is 22.8 Å². The van der Waals surface area contributed by atoms with Crippen molar-refractivity contribution in [3.63, 3.8) is 0 Å². The van der Waals surface area contributed by atoms with Gasteiger partial charge in [-0.25, -0.2) is 0 Å². The van der Waals surface area contributed by atoms with E-state index >= 15 is 0 Å². The number of nitrogens with zero attached hydrogens (tertiary/aromatic N) is 1. The minimum Gasteiger partial charge on any atom is -0.493 e. The minimum atomic E-state index is -4.27. The van der Waals surface area contributed by atoms with Gasteiger partial charge in [0.1, 0.15) is 5.56 Å². The lowest BCUT2D eigenvalue weighted by Crippen LogP contribution is -2.43. The predicted octanol–water partition coefficient (Wildman–Crippen LogP) is 3.80.